The number of ether oxygens (including phenoxy) is 1. The number of hydrogen-bond donors (Lipinski definition) is 1. The van der Waals surface area contributed by atoms with E-state index in [1.807, 2.05) is 47.5 Å². The number of hydrogen-bond acceptors (Lipinski definition) is 4. The van der Waals surface area contributed by atoms with Gasteiger partial charge in [0.2, 0.25) is 0 Å². The Bertz CT molecular complexity index is 971. The number of benzene rings is 3. The van der Waals surface area contributed by atoms with Gasteiger partial charge in [0, 0.05) is 6.42 Å². The smallest absolute Gasteiger partial charge is 0.160 e. The highest BCUT2D eigenvalue weighted by atomic mass is 19.1. The highest BCUT2D eigenvalue weighted by Crippen LogP contribution is 2.39. The summed E-state index contributed by atoms with van der Waals surface area (Å²) in [4.78, 5) is 0. The summed E-state index contributed by atoms with van der Waals surface area (Å²) < 4.78 is 18.6. The van der Waals surface area contributed by atoms with Gasteiger partial charge in [-0.05, 0) is 47.5 Å². The van der Waals surface area contributed by atoms with Crippen molar-refractivity contribution in [3.8, 4) is 11.5 Å². The zero-order valence-corrected chi connectivity index (χ0v) is 14.8. The minimum absolute atomic E-state index is 0.0537. The van der Waals surface area contributed by atoms with Gasteiger partial charge in [0.05, 0.1) is 24.6 Å². The third-order valence-corrected chi connectivity index (χ3v) is 4.70. The molecule has 0 saturated heterocycles. The molecular formula is C22H19FN2O2. The number of hydrazone groups is 1. The molecule has 0 fully saturated rings. The number of phenols is 1. The third-order valence-electron chi connectivity index (χ3n) is 4.70. The maximum Gasteiger partial charge on any atom is 0.160 e. The Kier molecular flexibility index (Phi) is 4.50. The first-order chi connectivity index (χ1) is 13.2. The average molecular weight is 362 g/mol. The highest BCUT2D eigenvalue weighted by Gasteiger charge is 2.30. The highest BCUT2D eigenvalue weighted by molar-refractivity contribution is 6.03. The van der Waals surface area contributed by atoms with Crippen LogP contribution in [0.2, 0.25) is 0 Å². The van der Waals surface area contributed by atoms with Gasteiger partial charge in [0.25, 0.3) is 0 Å². The predicted molar refractivity (Wildman–Crippen MR) is 104 cm³/mol. The second-order valence-corrected chi connectivity index (χ2v) is 6.38. The minimum atomic E-state index is -0.267. The van der Waals surface area contributed by atoms with Crippen LogP contribution in [0, 0.1) is 5.82 Å². The number of methoxy groups -OCH3 is 1. The quantitative estimate of drug-likeness (QED) is 0.718. The maximum absolute atomic E-state index is 13.3. The van der Waals surface area contributed by atoms with Crippen LogP contribution in [0.3, 0.4) is 0 Å². The molecule has 3 aromatic carbocycles. The second kappa shape index (κ2) is 7.11. The zero-order chi connectivity index (χ0) is 18.8. The molecule has 1 aliphatic heterocycles. The van der Waals surface area contributed by atoms with Crippen molar-refractivity contribution < 1.29 is 14.2 Å². The topological polar surface area (TPSA) is 45.1 Å². The number of para-hydroxylation sites is 1. The standard InChI is InChI=1S/C22H19FN2O2/c1-27-22-13-16(9-12-21(22)26)20-14-19(15-7-10-17(23)11-8-15)24-25(20)18-5-3-2-4-6-18/h2-13,20,26H,14H2,1H3. The van der Waals surface area contributed by atoms with Gasteiger partial charge in [-0.1, -0.05) is 36.4 Å². The predicted octanol–water partition coefficient (Wildman–Crippen LogP) is 4.90. The van der Waals surface area contributed by atoms with E-state index in [1.165, 1.54) is 19.2 Å². The molecule has 3 aromatic rings. The van der Waals surface area contributed by atoms with Crippen molar-refractivity contribution in [2.24, 2.45) is 5.10 Å². The van der Waals surface area contributed by atoms with Gasteiger partial charge in [0.15, 0.2) is 11.5 Å². The van der Waals surface area contributed by atoms with Crippen LogP contribution in [0.25, 0.3) is 0 Å². The van der Waals surface area contributed by atoms with Crippen molar-refractivity contribution in [1.29, 1.82) is 0 Å². The SMILES string of the molecule is COc1cc(C2CC(c3ccc(F)cc3)=NN2c2ccccc2)ccc1O. The van der Waals surface area contributed by atoms with E-state index in [4.69, 9.17) is 9.84 Å². The fourth-order valence-electron chi connectivity index (χ4n) is 3.31. The molecule has 1 heterocycles. The molecule has 4 rings (SSSR count). The summed E-state index contributed by atoms with van der Waals surface area (Å²) in [6.45, 7) is 0. The number of anilines is 1. The molecule has 0 amide bonds. The number of rotatable bonds is 4. The molecule has 1 aliphatic rings. The van der Waals surface area contributed by atoms with Crippen molar-refractivity contribution in [2.45, 2.75) is 12.5 Å². The molecule has 0 bridgehead atoms. The average Bonchev–Trinajstić information content (AvgIpc) is 3.15. The molecule has 5 heteroatoms. The molecule has 0 saturated carbocycles. The lowest BCUT2D eigenvalue weighted by Gasteiger charge is -2.24. The molecule has 0 aliphatic carbocycles. The van der Waals surface area contributed by atoms with E-state index in [1.54, 1.807) is 18.2 Å². The number of phenolic OH excluding ortho intramolecular Hbond substituents is 1. The summed E-state index contributed by atoms with van der Waals surface area (Å²) in [5, 5.41) is 16.7. The van der Waals surface area contributed by atoms with Crippen molar-refractivity contribution in [3.63, 3.8) is 0 Å². The van der Waals surface area contributed by atoms with Crippen LogP contribution in [0.1, 0.15) is 23.6 Å². The lowest BCUT2D eigenvalue weighted by molar-refractivity contribution is 0.372. The van der Waals surface area contributed by atoms with Crippen LogP contribution in [0.5, 0.6) is 11.5 Å². The molecule has 1 unspecified atom stereocenters. The van der Waals surface area contributed by atoms with Crippen LogP contribution in [0.15, 0.2) is 77.9 Å². The van der Waals surface area contributed by atoms with Gasteiger partial charge in [0.1, 0.15) is 5.82 Å². The number of nitrogens with zero attached hydrogens (tertiary/aromatic N) is 2. The molecule has 1 N–H and O–H groups in total. The first-order valence-corrected chi connectivity index (χ1v) is 8.70. The Labute approximate surface area is 157 Å². The Morgan fingerprint density at radius 1 is 1.04 bits per heavy atom. The fraction of sp³-hybridized carbons (Fsp3) is 0.136. The van der Waals surface area contributed by atoms with Crippen LogP contribution < -0.4 is 9.75 Å². The van der Waals surface area contributed by atoms with Crippen LogP contribution in [-0.2, 0) is 0 Å². The zero-order valence-electron chi connectivity index (χ0n) is 14.8. The lowest BCUT2D eigenvalue weighted by atomic mass is 9.98. The first-order valence-electron chi connectivity index (χ1n) is 8.70. The second-order valence-electron chi connectivity index (χ2n) is 6.38. The lowest BCUT2D eigenvalue weighted by Crippen LogP contribution is -2.18. The van der Waals surface area contributed by atoms with Crippen LogP contribution >= 0.6 is 0 Å². The fourth-order valence-corrected chi connectivity index (χ4v) is 3.31. The van der Waals surface area contributed by atoms with E-state index < -0.39 is 0 Å². The third kappa shape index (κ3) is 3.36. The van der Waals surface area contributed by atoms with E-state index in [0.717, 1.165) is 22.5 Å². The minimum Gasteiger partial charge on any atom is -0.504 e. The number of halogens is 1. The Morgan fingerprint density at radius 3 is 2.48 bits per heavy atom. The van der Waals surface area contributed by atoms with Crippen molar-refractivity contribution in [2.75, 3.05) is 12.1 Å². The van der Waals surface area contributed by atoms with Crippen molar-refractivity contribution >= 4 is 11.4 Å². The van der Waals surface area contributed by atoms with E-state index in [9.17, 15) is 9.50 Å². The van der Waals surface area contributed by atoms with Gasteiger partial charge in [-0.25, -0.2) is 4.39 Å². The van der Waals surface area contributed by atoms with E-state index in [2.05, 4.69) is 0 Å². The van der Waals surface area contributed by atoms with E-state index in [-0.39, 0.29) is 17.6 Å². The molecule has 136 valence electrons. The Balaban J connectivity index is 1.75. The summed E-state index contributed by atoms with van der Waals surface area (Å²) >= 11 is 0. The molecular weight excluding hydrogens is 343 g/mol. The molecule has 0 radical (unpaired) electrons. The first kappa shape index (κ1) is 17.1. The molecule has 0 aromatic heterocycles. The summed E-state index contributed by atoms with van der Waals surface area (Å²) in [6.07, 6.45) is 0.661. The Morgan fingerprint density at radius 2 is 1.78 bits per heavy atom. The van der Waals surface area contributed by atoms with E-state index >= 15 is 0 Å². The van der Waals surface area contributed by atoms with Crippen molar-refractivity contribution in [3.05, 3.63) is 89.7 Å². The van der Waals surface area contributed by atoms with Gasteiger partial charge < -0.3 is 9.84 Å². The Hall–Kier alpha value is -3.34. The van der Waals surface area contributed by atoms with Crippen LogP contribution in [-0.4, -0.2) is 17.9 Å². The van der Waals surface area contributed by atoms with Crippen molar-refractivity contribution in [1.82, 2.24) is 0 Å². The van der Waals surface area contributed by atoms with Gasteiger partial charge in [-0.3, -0.25) is 5.01 Å². The molecule has 4 nitrogen and oxygen atoms in total. The molecule has 1 atom stereocenters. The monoisotopic (exact) mass is 362 g/mol. The largest absolute Gasteiger partial charge is 0.504 e. The van der Waals surface area contributed by atoms with Gasteiger partial charge in [-0.2, -0.15) is 5.10 Å². The van der Waals surface area contributed by atoms with Crippen LogP contribution in [0.4, 0.5) is 10.1 Å². The summed E-state index contributed by atoms with van der Waals surface area (Å²) in [6, 6.07) is 21.6. The molecule has 27 heavy (non-hydrogen) atoms. The molecule has 0 spiro atoms. The van der Waals surface area contributed by atoms with E-state index in [0.29, 0.717) is 12.2 Å². The maximum atomic E-state index is 13.3. The van der Waals surface area contributed by atoms with Gasteiger partial charge in [-0.15, -0.1) is 0 Å². The summed E-state index contributed by atoms with van der Waals surface area (Å²) in [5.41, 5.74) is 3.72. The summed E-state index contributed by atoms with van der Waals surface area (Å²) in [5.74, 6) is 0.262. The summed E-state index contributed by atoms with van der Waals surface area (Å²) in [7, 11) is 1.53. The van der Waals surface area contributed by atoms with Gasteiger partial charge >= 0.3 is 0 Å². The normalized spacial score (nSPS) is 16.3. The number of aromatic hydroxyl groups is 1.